The van der Waals surface area contributed by atoms with Crippen LogP contribution in [0.25, 0.3) is 0 Å². The van der Waals surface area contributed by atoms with Gasteiger partial charge in [0.05, 0.1) is 17.8 Å². The number of methoxy groups -OCH3 is 1. The monoisotopic (exact) mass is 653 g/mol. The number of hydrogen-bond donors (Lipinski definition) is 1. The molecule has 0 aromatic heterocycles. The Morgan fingerprint density at radius 2 is 1.76 bits per heavy atom. The van der Waals surface area contributed by atoms with Gasteiger partial charge < -0.3 is 33.9 Å². The van der Waals surface area contributed by atoms with E-state index in [0.717, 1.165) is 26.2 Å². The van der Waals surface area contributed by atoms with Crippen LogP contribution < -0.4 is 0 Å². The van der Waals surface area contributed by atoms with Crippen LogP contribution in [0.15, 0.2) is 0 Å². The second-order valence-corrected chi connectivity index (χ2v) is 16.1. The minimum atomic E-state index is -1.40. The fraction of sp³-hybridized carbons (Fsp3) is 0.944. The zero-order chi connectivity index (χ0) is 34.6. The molecule has 268 valence electrons. The minimum Gasteiger partial charge on any atom is -0.463 e. The number of ether oxygens (including phenoxy) is 4. The lowest BCUT2D eigenvalue weighted by molar-refractivity contribution is -0.295. The van der Waals surface area contributed by atoms with Crippen molar-refractivity contribution in [3.05, 3.63) is 0 Å². The van der Waals surface area contributed by atoms with Gasteiger partial charge in [-0.15, -0.1) is 0 Å². The van der Waals surface area contributed by atoms with Crippen molar-refractivity contribution in [3.63, 3.8) is 0 Å². The van der Waals surface area contributed by atoms with Crippen LogP contribution in [0, 0.1) is 29.1 Å². The summed E-state index contributed by atoms with van der Waals surface area (Å²) in [7, 11) is 7.63. The normalized spacial score (nSPS) is 38.4. The molecule has 3 rings (SSSR count). The van der Waals surface area contributed by atoms with Gasteiger partial charge >= 0.3 is 5.97 Å². The summed E-state index contributed by atoms with van der Waals surface area (Å²) in [5, 5.41) is 11.3. The number of aliphatic hydroxyl groups excluding tert-OH is 1. The van der Waals surface area contributed by atoms with Crippen molar-refractivity contribution in [1.29, 1.82) is 0 Å². The number of rotatable bonds is 10. The van der Waals surface area contributed by atoms with Gasteiger partial charge in [0.25, 0.3) is 0 Å². The van der Waals surface area contributed by atoms with Gasteiger partial charge in [0.15, 0.2) is 12.1 Å². The average Bonchev–Trinajstić information content (AvgIpc) is 2.96. The third-order valence-corrected chi connectivity index (χ3v) is 11.1. The Balaban J connectivity index is 1.88. The summed E-state index contributed by atoms with van der Waals surface area (Å²) < 4.78 is 25.1. The zero-order valence-corrected chi connectivity index (χ0v) is 31.1. The number of hydrogen-bond acceptors (Lipinski definition) is 10. The number of carbonyl (C=O) groups is 2. The van der Waals surface area contributed by atoms with Crippen LogP contribution in [0.2, 0.25) is 0 Å². The molecular weight excluding hydrogens is 586 g/mol. The first-order valence-electron chi connectivity index (χ1n) is 17.8. The second kappa shape index (κ2) is 16.5. The molecule has 3 aliphatic heterocycles. The third kappa shape index (κ3) is 9.30. The van der Waals surface area contributed by atoms with Gasteiger partial charge in [-0.1, -0.05) is 40.5 Å². The molecule has 10 nitrogen and oxygen atoms in total. The Labute approximate surface area is 279 Å². The highest BCUT2D eigenvalue weighted by atomic mass is 16.7. The molecule has 0 aromatic carbocycles. The number of aliphatic hydroxyl groups is 1. The van der Waals surface area contributed by atoms with E-state index in [-0.39, 0.29) is 36.5 Å². The Hall–Kier alpha value is -1.14. The summed E-state index contributed by atoms with van der Waals surface area (Å²) >= 11 is 0. The Bertz CT molecular complexity index is 989. The molecule has 46 heavy (non-hydrogen) atoms. The number of ketones is 1. The van der Waals surface area contributed by atoms with Crippen molar-refractivity contribution in [3.8, 4) is 0 Å². The molecule has 3 aliphatic rings. The first kappa shape index (κ1) is 39.3. The highest BCUT2D eigenvalue weighted by molar-refractivity contribution is 6.04. The molecular formula is C36H67N3O7. The fourth-order valence-electron chi connectivity index (χ4n) is 8.15. The SMILES string of the molecule is CCCCC(C)CN1CC([C@@H]2COC(=O)C(C)(C)C(=O)[C@H](C)[C@@H](O[C@@H]3O[C@H](C)C[C@H](N(C)C)[C@H]3O)[C@](C)(OC)C[C@@H](C)CN2C)C1. The van der Waals surface area contributed by atoms with Gasteiger partial charge in [-0.05, 0) is 79.9 Å². The van der Waals surface area contributed by atoms with E-state index >= 15 is 0 Å². The number of esters is 1. The maximum absolute atomic E-state index is 14.2. The van der Waals surface area contributed by atoms with Crippen LogP contribution in [0.3, 0.4) is 0 Å². The van der Waals surface area contributed by atoms with Crippen LogP contribution in [0.4, 0.5) is 0 Å². The summed E-state index contributed by atoms with van der Waals surface area (Å²) in [6.07, 6.45) is 2.21. The van der Waals surface area contributed by atoms with Crippen LogP contribution in [-0.2, 0) is 28.5 Å². The van der Waals surface area contributed by atoms with Gasteiger partial charge in [0, 0.05) is 57.2 Å². The molecule has 0 radical (unpaired) electrons. The lowest BCUT2D eigenvalue weighted by Crippen LogP contribution is -2.59. The topological polar surface area (TPSA) is 101 Å². The smallest absolute Gasteiger partial charge is 0.319 e. The lowest BCUT2D eigenvalue weighted by Gasteiger charge is -2.48. The molecule has 3 heterocycles. The van der Waals surface area contributed by atoms with Gasteiger partial charge in [0.2, 0.25) is 0 Å². The first-order chi connectivity index (χ1) is 21.4. The van der Waals surface area contributed by atoms with Gasteiger partial charge in [0.1, 0.15) is 18.1 Å². The molecule has 0 aliphatic carbocycles. The summed E-state index contributed by atoms with van der Waals surface area (Å²) in [6.45, 7) is 19.9. The molecule has 10 atom stereocenters. The third-order valence-electron chi connectivity index (χ3n) is 11.1. The maximum Gasteiger partial charge on any atom is 0.319 e. The predicted molar refractivity (Wildman–Crippen MR) is 180 cm³/mol. The molecule has 0 bridgehead atoms. The predicted octanol–water partition coefficient (Wildman–Crippen LogP) is 4.08. The number of cyclic esters (lactones) is 1. The van der Waals surface area contributed by atoms with E-state index in [4.69, 9.17) is 18.9 Å². The van der Waals surface area contributed by atoms with Crippen LogP contribution >= 0.6 is 0 Å². The number of unbranched alkanes of at least 4 members (excludes halogenated alkanes) is 1. The van der Waals surface area contributed by atoms with E-state index in [9.17, 15) is 14.7 Å². The van der Waals surface area contributed by atoms with Crippen molar-refractivity contribution < 1.29 is 33.6 Å². The molecule has 0 saturated carbocycles. The lowest BCUT2D eigenvalue weighted by atomic mass is 9.74. The molecule has 0 aromatic rings. The summed E-state index contributed by atoms with van der Waals surface area (Å²) in [5.74, 6) is -0.313. The van der Waals surface area contributed by atoms with Crippen molar-refractivity contribution in [2.45, 2.75) is 130 Å². The zero-order valence-electron chi connectivity index (χ0n) is 31.1. The van der Waals surface area contributed by atoms with Crippen LogP contribution in [0.5, 0.6) is 0 Å². The molecule has 0 spiro atoms. The summed E-state index contributed by atoms with van der Waals surface area (Å²) in [4.78, 5) is 34.8. The average molecular weight is 654 g/mol. The molecule has 1 N–H and O–H groups in total. The Morgan fingerprint density at radius 3 is 2.35 bits per heavy atom. The number of Topliss-reactive ketones (excluding diaryl/α,β-unsaturated/α-hetero) is 1. The van der Waals surface area contributed by atoms with E-state index < -0.39 is 41.4 Å². The van der Waals surface area contributed by atoms with Crippen molar-refractivity contribution in [1.82, 2.24) is 14.7 Å². The molecule has 10 heteroatoms. The highest BCUT2D eigenvalue weighted by Gasteiger charge is 2.52. The van der Waals surface area contributed by atoms with Crippen molar-refractivity contribution >= 4 is 11.8 Å². The second-order valence-electron chi connectivity index (χ2n) is 16.1. The van der Waals surface area contributed by atoms with Crippen molar-refractivity contribution in [2.75, 3.05) is 61.0 Å². The van der Waals surface area contributed by atoms with Crippen molar-refractivity contribution in [2.24, 2.45) is 29.1 Å². The standard InChI is InChI=1S/C36H67N3O7/c1-13-14-15-23(2)19-39-20-27(21-39)29-22-44-34(42)35(6,7)31(41)26(5)32(36(8,43-12)17-24(3)18-38(29)11)46-33-30(40)28(37(9)10)16-25(4)45-33/h23-30,32-33,40H,13-22H2,1-12H3/t23?,24-,25-,26+,28+,29+,30-,32-,33+,36-/m1/s1. The Kier molecular flexibility index (Phi) is 14.1. The van der Waals surface area contributed by atoms with Crippen LogP contribution in [0.1, 0.15) is 87.5 Å². The molecule has 3 saturated heterocycles. The van der Waals surface area contributed by atoms with Gasteiger partial charge in [-0.25, -0.2) is 0 Å². The van der Waals surface area contributed by atoms with E-state index in [0.29, 0.717) is 24.7 Å². The number of likely N-dealkylation sites (tertiary alicyclic amines) is 1. The minimum absolute atomic E-state index is 0.0498. The number of likely N-dealkylation sites (N-methyl/N-ethyl adjacent to an activating group) is 2. The van der Waals surface area contributed by atoms with E-state index in [1.54, 1.807) is 27.9 Å². The van der Waals surface area contributed by atoms with Crippen LogP contribution in [-0.4, -0.2) is 135 Å². The first-order valence-corrected chi connectivity index (χ1v) is 17.8. The summed E-state index contributed by atoms with van der Waals surface area (Å²) in [6, 6.07) is -0.116. The van der Waals surface area contributed by atoms with Gasteiger partial charge in [-0.3, -0.25) is 14.5 Å². The molecule has 3 fully saturated rings. The van der Waals surface area contributed by atoms with E-state index in [1.807, 2.05) is 32.8 Å². The highest BCUT2D eigenvalue weighted by Crippen LogP contribution is 2.38. The fourth-order valence-corrected chi connectivity index (χ4v) is 8.15. The molecule has 0 amide bonds. The van der Waals surface area contributed by atoms with Gasteiger partial charge in [-0.2, -0.15) is 0 Å². The molecule has 1 unspecified atom stereocenters. The van der Waals surface area contributed by atoms with E-state index in [2.05, 4.69) is 37.6 Å². The quantitative estimate of drug-likeness (QED) is 0.274. The number of nitrogens with zero attached hydrogens (tertiary/aromatic N) is 3. The maximum atomic E-state index is 14.2. The number of carbonyl (C=O) groups excluding carboxylic acids is 2. The summed E-state index contributed by atoms with van der Waals surface area (Å²) in [5.41, 5.74) is -2.30. The Morgan fingerprint density at radius 1 is 1.11 bits per heavy atom. The van der Waals surface area contributed by atoms with E-state index in [1.165, 1.54) is 19.3 Å². The largest absolute Gasteiger partial charge is 0.463 e.